The molecule has 1 aromatic carbocycles. The molecule has 0 aliphatic carbocycles. The molecule has 0 aliphatic rings. The second-order valence-corrected chi connectivity index (χ2v) is 7.77. The molecule has 0 unspecified atom stereocenters. The van der Waals surface area contributed by atoms with Gasteiger partial charge < -0.3 is 5.32 Å². The molecule has 0 heterocycles. The van der Waals surface area contributed by atoms with Crippen molar-refractivity contribution in [3.8, 4) is 0 Å². The van der Waals surface area contributed by atoms with Crippen LogP contribution in [0.4, 0.5) is 0 Å². The molecule has 0 radical (unpaired) electrons. The van der Waals surface area contributed by atoms with E-state index in [2.05, 4.69) is 21.2 Å². The van der Waals surface area contributed by atoms with Crippen LogP contribution < -0.4 is 10.5 Å². The third-order valence-corrected chi connectivity index (χ3v) is 3.86. The quantitative estimate of drug-likeness (QED) is 0.855. The first-order valence-corrected chi connectivity index (χ1v) is 7.91. The van der Waals surface area contributed by atoms with Gasteiger partial charge in [0.1, 0.15) is 0 Å². The summed E-state index contributed by atoms with van der Waals surface area (Å²) in [5, 5.41) is 7.93. The van der Waals surface area contributed by atoms with Crippen LogP contribution in [0.1, 0.15) is 36.7 Å². The van der Waals surface area contributed by atoms with Crippen LogP contribution in [0.5, 0.6) is 0 Å². The minimum atomic E-state index is -3.87. The number of sulfonamides is 1. The maximum atomic E-state index is 12.1. The van der Waals surface area contributed by atoms with Gasteiger partial charge in [0.25, 0.3) is 5.91 Å². The van der Waals surface area contributed by atoms with Crippen LogP contribution in [0, 0.1) is 6.92 Å². The Morgan fingerprint density at radius 2 is 1.84 bits per heavy atom. The molecule has 7 heteroatoms. The zero-order chi connectivity index (χ0) is 15.0. The van der Waals surface area contributed by atoms with E-state index in [1.165, 1.54) is 6.07 Å². The smallest absolute Gasteiger partial charge is 0.252 e. The van der Waals surface area contributed by atoms with Crippen LogP contribution in [0.3, 0.4) is 0 Å². The zero-order valence-electron chi connectivity index (χ0n) is 11.2. The Labute approximate surface area is 121 Å². The van der Waals surface area contributed by atoms with Crippen molar-refractivity contribution in [3.63, 3.8) is 0 Å². The van der Waals surface area contributed by atoms with Crippen molar-refractivity contribution in [1.82, 2.24) is 5.32 Å². The Kier molecular flexibility index (Phi) is 4.44. The molecule has 0 spiro atoms. The number of nitrogens with two attached hydrogens (primary N) is 1. The molecule has 0 saturated heterocycles. The first kappa shape index (κ1) is 16.1. The average Bonchev–Trinajstić information content (AvgIpc) is 2.16. The first-order valence-electron chi connectivity index (χ1n) is 5.57. The number of hydrogen-bond acceptors (Lipinski definition) is 3. The lowest BCUT2D eigenvalue weighted by atomic mass is 10.0. The Bertz CT molecular complexity index is 619. The molecule has 0 bridgehead atoms. The average molecular weight is 349 g/mol. The molecule has 5 nitrogen and oxygen atoms in total. The van der Waals surface area contributed by atoms with Crippen LogP contribution in [0.2, 0.25) is 0 Å². The van der Waals surface area contributed by atoms with E-state index >= 15 is 0 Å². The number of amides is 1. The summed E-state index contributed by atoms with van der Waals surface area (Å²) in [5.41, 5.74) is 0.217. The molecule has 0 saturated carbocycles. The second kappa shape index (κ2) is 5.22. The van der Waals surface area contributed by atoms with Crippen molar-refractivity contribution in [2.24, 2.45) is 5.14 Å². The highest BCUT2D eigenvalue weighted by atomic mass is 79.9. The Morgan fingerprint density at radius 3 is 2.26 bits per heavy atom. The van der Waals surface area contributed by atoms with Crippen molar-refractivity contribution in [2.45, 2.75) is 38.1 Å². The number of hydrogen-bond donors (Lipinski definition) is 2. The number of carbonyl (C=O) groups is 1. The van der Waals surface area contributed by atoms with Crippen molar-refractivity contribution >= 4 is 31.9 Å². The van der Waals surface area contributed by atoms with Crippen LogP contribution in [-0.4, -0.2) is 19.9 Å². The van der Waals surface area contributed by atoms with E-state index in [-0.39, 0.29) is 16.4 Å². The molecule has 3 N–H and O–H groups in total. The summed E-state index contributed by atoms with van der Waals surface area (Å²) in [6.45, 7) is 7.10. The van der Waals surface area contributed by atoms with Gasteiger partial charge in [0, 0.05) is 15.6 Å². The fraction of sp³-hybridized carbons (Fsp3) is 0.417. The summed E-state index contributed by atoms with van der Waals surface area (Å²) >= 11 is 3.19. The molecule has 1 amide bonds. The summed E-state index contributed by atoms with van der Waals surface area (Å²) in [4.78, 5) is 12.1. The van der Waals surface area contributed by atoms with Gasteiger partial charge in [-0.15, -0.1) is 0 Å². The van der Waals surface area contributed by atoms with Gasteiger partial charge in [-0.2, -0.15) is 0 Å². The van der Waals surface area contributed by atoms with E-state index in [1.807, 2.05) is 20.8 Å². The number of halogens is 1. The molecule has 0 aromatic heterocycles. The summed E-state index contributed by atoms with van der Waals surface area (Å²) in [7, 11) is -3.87. The third kappa shape index (κ3) is 4.29. The predicted octanol–water partition coefficient (Wildman–Crippen LogP) is 1.93. The van der Waals surface area contributed by atoms with Crippen LogP contribution >= 0.6 is 15.9 Å². The minimum Gasteiger partial charge on any atom is -0.347 e. The van der Waals surface area contributed by atoms with Crippen molar-refractivity contribution < 1.29 is 13.2 Å². The molecule has 106 valence electrons. The van der Waals surface area contributed by atoms with E-state index in [0.29, 0.717) is 10.0 Å². The first-order chi connectivity index (χ1) is 8.42. The molecule has 19 heavy (non-hydrogen) atoms. The highest BCUT2D eigenvalue weighted by molar-refractivity contribution is 9.10. The summed E-state index contributed by atoms with van der Waals surface area (Å²) in [6.07, 6.45) is 0. The zero-order valence-corrected chi connectivity index (χ0v) is 13.6. The molecule has 1 rings (SSSR count). The van der Waals surface area contributed by atoms with Crippen molar-refractivity contribution in [3.05, 3.63) is 27.7 Å². The standard InChI is InChI=1S/C12H17BrN2O3S/c1-7-9(11(16)15-12(2,3)4)5-8(13)6-10(7)19(14,17)18/h5-6H,1-4H3,(H,15,16)(H2,14,17,18). The molecule has 0 atom stereocenters. The van der Waals surface area contributed by atoms with Gasteiger partial charge in [0.05, 0.1) is 4.90 Å². The van der Waals surface area contributed by atoms with Gasteiger partial charge >= 0.3 is 0 Å². The van der Waals surface area contributed by atoms with Gasteiger partial charge in [-0.25, -0.2) is 13.6 Å². The number of benzene rings is 1. The highest BCUT2D eigenvalue weighted by Crippen LogP contribution is 2.24. The molecular formula is C12H17BrN2O3S. The summed E-state index contributed by atoms with van der Waals surface area (Å²) in [5.74, 6) is -0.337. The lowest BCUT2D eigenvalue weighted by Gasteiger charge is -2.21. The Morgan fingerprint density at radius 1 is 1.32 bits per heavy atom. The monoisotopic (exact) mass is 348 g/mol. The van der Waals surface area contributed by atoms with E-state index in [0.717, 1.165) is 0 Å². The van der Waals surface area contributed by atoms with Crippen LogP contribution in [0.25, 0.3) is 0 Å². The van der Waals surface area contributed by atoms with Gasteiger partial charge in [-0.1, -0.05) is 15.9 Å². The molecular weight excluding hydrogens is 332 g/mol. The largest absolute Gasteiger partial charge is 0.347 e. The molecule has 1 aromatic rings. The summed E-state index contributed by atoms with van der Waals surface area (Å²) < 4.78 is 23.5. The second-order valence-electron chi connectivity index (χ2n) is 5.33. The van der Waals surface area contributed by atoms with E-state index < -0.39 is 15.6 Å². The maximum Gasteiger partial charge on any atom is 0.252 e. The topological polar surface area (TPSA) is 89.3 Å². The Balaban J connectivity index is 3.38. The lowest BCUT2D eigenvalue weighted by molar-refractivity contribution is 0.0918. The van der Waals surface area contributed by atoms with Crippen molar-refractivity contribution in [1.29, 1.82) is 0 Å². The fourth-order valence-electron chi connectivity index (χ4n) is 1.59. The fourth-order valence-corrected chi connectivity index (χ4v) is 3.03. The summed E-state index contributed by atoms with van der Waals surface area (Å²) in [6, 6.07) is 2.96. The maximum absolute atomic E-state index is 12.1. The van der Waals surface area contributed by atoms with Gasteiger partial charge in [0.15, 0.2) is 0 Å². The van der Waals surface area contributed by atoms with E-state index in [9.17, 15) is 13.2 Å². The predicted molar refractivity (Wildman–Crippen MR) is 77.5 cm³/mol. The Hall–Kier alpha value is -0.920. The number of primary sulfonamides is 1. The highest BCUT2D eigenvalue weighted by Gasteiger charge is 2.22. The molecule has 0 aliphatic heterocycles. The number of carbonyl (C=O) groups excluding carboxylic acids is 1. The van der Waals surface area contributed by atoms with Gasteiger partial charge in [0.2, 0.25) is 10.0 Å². The van der Waals surface area contributed by atoms with Crippen molar-refractivity contribution in [2.75, 3.05) is 0 Å². The van der Waals surface area contributed by atoms with Crippen LogP contribution in [0.15, 0.2) is 21.5 Å². The normalized spacial score (nSPS) is 12.3. The minimum absolute atomic E-state index is 0.0547. The van der Waals surface area contributed by atoms with Gasteiger partial charge in [-0.05, 0) is 45.4 Å². The van der Waals surface area contributed by atoms with Gasteiger partial charge in [-0.3, -0.25) is 4.79 Å². The third-order valence-electron chi connectivity index (χ3n) is 2.36. The lowest BCUT2D eigenvalue weighted by Crippen LogP contribution is -2.41. The molecule has 0 fully saturated rings. The number of nitrogens with one attached hydrogen (secondary N) is 1. The van der Waals surface area contributed by atoms with E-state index in [4.69, 9.17) is 5.14 Å². The van der Waals surface area contributed by atoms with E-state index in [1.54, 1.807) is 13.0 Å². The SMILES string of the molecule is Cc1c(C(=O)NC(C)(C)C)cc(Br)cc1S(N)(=O)=O. The number of rotatable bonds is 2. The van der Waals surface area contributed by atoms with Crippen LogP contribution in [-0.2, 0) is 10.0 Å².